The number of nitrogens with one attached hydrogen (secondary N) is 1. The Morgan fingerprint density at radius 1 is 1.22 bits per heavy atom. The Hall–Kier alpha value is -1.72. The number of anilines is 1. The van der Waals surface area contributed by atoms with Crippen molar-refractivity contribution >= 4 is 39.1 Å². The van der Waals surface area contributed by atoms with Crippen molar-refractivity contribution in [2.45, 2.75) is 13.8 Å². The van der Waals surface area contributed by atoms with Crippen molar-refractivity contribution in [1.82, 2.24) is 0 Å². The van der Waals surface area contributed by atoms with E-state index in [0.29, 0.717) is 16.5 Å². The predicted molar refractivity (Wildman–Crippen MR) is 95.7 cm³/mol. The van der Waals surface area contributed by atoms with E-state index in [1.807, 2.05) is 26.0 Å². The van der Waals surface area contributed by atoms with Gasteiger partial charge in [0.15, 0.2) is 6.61 Å². The zero-order chi connectivity index (χ0) is 17.0. The first kappa shape index (κ1) is 17.6. The molecule has 0 fully saturated rings. The van der Waals surface area contributed by atoms with Crippen LogP contribution in [0.3, 0.4) is 0 Å². The van der Waals surface area contributed by atoms with Gasteiger partial charge in [0.2, 0.25) is 0 Å². The molecule has 0 spiro atoms. The second-order valence-electron chi connectivity index (χ2n) is 5.05. The Bertz CT molecular complexity index is 711. The van der Waals surface area contributed by atoms with Gasteiger partial charge in [-0.15, -0.1) is 0 Å². The Balaban J connectivity index is 1.99. The number of benzene rings is 2. The van der Waals surface area contributed by atoms with Gasteiger partial charge in [0.25, 0.3) is 5.91 Å². The van der Waals surface area contributed by atoms with E-state index in [4.69, 9.17) is 21.1 Å². The van der Waals surface area contributed by atoms with E-state index in [0.717, 1.165) is 21.3 Å². The molecule has 0 heterocycles. The van der Waals surface area contributed by atoms with Crippen molar-refractivity contribution in [1.29, 1.82) is 0 Å². The lowest BCUT2D eigenvalue weighted by atomic mass is 10.1. The molecule has 0 aliphatic carbocycles. The number of ether oxygens (including phenoxy) is 2. The molecule has 2 rings (SSSR count). The van der Waals surface area contributed by atoms with Gasteiger partial charge in [-0.25, -0.2) is 0 Å². The quantitative estimate of drug-likeness (QED) is 0.791. The van der Waals surface area contributed by atoms with Crippen LogP contribution < -0.4 is 14.8 Å². The smallest absolute Gasteiger partial charge is 0.262 e. The van der Waals surface area contributed by atoms with Crippen LogP contribution in [0.25, 0.3) is 0 Å². The van der Waals surface area contributed by atoms with Gasteiger partial charge in [-0.05, 0) is 55.3 Å². The summed E-state index contributed by atoms with van der Waals surface area (Å²) in [6.45, 7) is 3.80. The molecule has 23 heavy (non-hydrogen) atoms. The summed E-state index contributed by atoms with van der Waals surface area (Å²) in [6, 6.07) is 8.95. The number of carbonyl (C=O) groups excluding carboxylic acids is 1. The molecule has 2 aromatic rings. The highest BCUT2D eigenvalue weighted by Gasteiger charge is 2.10. The molecule has 0 radical (unpaired) electrons. The van der Waals surface area contributed by atoms with Gasteiger partial charge < -0.3 is 14.8 Å². The lowest BCUT2D eigenvalue weighted by Gasteiger charge is -2.13. The van der Waals surface area contributed by atoms with Gasteiger partial charge in [-0.2, -0.15) is 0 Å². The average Bonchev–Trinajstić information content (AvgIpc) is 2.46. The third-order valence-electron chi connectivity index (χ3n) is 3.21. The number of rotatable bonds is 5. The van der Waals surface area contributed by atoms with Crippen LogP contribution in [0, 0.1) is 13.8 Å². The molecule has 0 saturated carbocycles. The predicted octanol–water partition coefficient (Wildman–Crippen LogP) is 4.75. The molecule has 0 atom stereocenters. The zero-order valence-electron chi connectivity index (χ0n) is 13.1. The standard InChI is InChI=1S/C17H17BrClNO3/c1-10-6-12(18)7-11(2)17(10)23-9-16(21)20-13-4-5-15(22-3)14(19)8-13/h4-8H,9H2,1-3H3,(H,20,21). The summed E-state index contributed by atoms with van der Waals surface area (Å²) >= 11 is 9.46. The fourth-order valence-corrected chi connectivity index (χ4v) is 3.15. The molecule has 0 saturated heterocycles. The monoisotopic (exact) mass is 397 g/mol. The summed E-state index contributed by atoms with van der Waals surface area (Å²) in [6.07, 6.45) is 0. The number of amides is 1. The Morgan fingerprint density at radius 3 is 2.43 bits per heavy atom. The van der Waals surface area contributed by atoms with E-state index < -0.39 is 0 Å². The van der Waals surface area contributed by atoms with Crippen molar-refractivity contribution in [2.75, 3.05) is 19.0 Å². The van der Waals surface area contributed by atoms with E-state index >= 15 is 0 Å². The van der Waals surface area contributed by atoms with E-state index in [2.05, 4.69) is 21.2 Å². The second-order valence-corrected chi connectivity index (χ2v) is 6.38. The topological polar surface area (TPSA) is 47.6 Å². The van der Waals surface area contributed by atoms with Crippen LogP contribution in [0.5, 0.6) is 11.5 Å². The van der Waals surface area contributed by atoms with Gasteiger partial charge in [0.1, 0.15) is 11.5 Å². The van der Waals surface area contributed by atoms with Crippen molar-refractivity contribution < 1.29 is 14.3 Å². The highest BCUT2D eigenvalue weighted by molar-refractivity contribution is 9.10. The molecular formula is C17H17BrClNO3. The van der Waals surface area contributed by atoms with Crippen LogP contribution in [-0.4, -0.2) is 19.6 Å². The largest absolute Gasteiger partial charge is 0.495 e. The lowest BCUT2D eigenvalue weighted by Crippen LogP contribution is -2.20. The molecule has 0 aliphatic heterocycles. The maximum Gasteiger partial charge on any atom is 0.262 e. The SMILES string of the molecule is COc1ccc(NC(=O)COc2c(C)cc(Br)cc2C)cc1Cl. The summed E-state index contributed by atoms with van der Waals surface area (Å²) in [7, 11) is 1.54. The van der Waals surface area contributed by atoms with E-state index in [9.17, 15) is 4.79 Å². The summed E-state index contributed by atoms with van der Waals surface area (Å²) in [5, 5.41) is 3.18. The number of aryl methyl sites for hydroxylation is 2. The third kappa shape index (κ3) is 4.62. The third-order valence-corrected chi connectivity index (χ3v) is 3.96. The van der Waals surface area contributed by atoms with Gasteiger partial charge in [-0.3, -0.25) is 4.79 Å². The molecule has 1 N–H and O–H groups in total. The fourth-order valence-electron chi connectivity index (χ4n) is 2.20. The summed E-state index contributed by atoms with van der Waals surface area (Å²) in [4.78, 5) is 12.0. The summed E-state index contributed by atoms with van der Waals surface area (Å²) < 4.78 is 11.7. The molecule has 4 nitrogen and oxygen atoms in total. The first-order valence-corrected chi connectivity index (χ1v) is 8.10. The molecule has 2 aromatic carbocycles. The molecule has 0 bridgehead atoms. The Morgan fingerprint density at radius 2 is 1.87 bits per heavy atom. The van der Waals surface area contributed by atoms with Gasteiger partial charge in [0.05, 0.1) is 12.1 Å². The maximum atomic E-state index is 12.0. The summed E-state index contributed by atoms with van der Waals surface area (Å²) in [5.74, 6) is 1.02. The van der Waals surface area contributed by atoms with Crippen LogP contribution in [-0.2, 0) is 4.79 Å². The van der Waals surface area contributed by atoms with Gasteiger partial charge >= 0.3 is 0 Å². The van der Waals surface area contributed by atoms with Crippen molar-refractivity contribution in [3.05, 3.63) is 51.0 Å². The molecule has 122 valence electrons. The van der Waals surface area contributed by atoms with Crippen molar-refractivity contribution in [3.63, 3.8) is 0 Å². The molecule has 6 heteroatoms. The van der Waals surface area contributed by atoms with Crippen LogP contribution in [0.1, 0.15) is 11.1 Å². The van der Waals surface area contributed by atoms with Gasteiger partial charge in [0, 0.05) is 10.2 Å². The minimum atomic E-state index is -0.257. The van der Waals surface area contributed by atoms with Crippen molar-refractivity contribution in [2.24, 2.45) is 0 Å². The molecule has 0 aromatic heterocycles. The van der Waals surface area contributed by atoms with Crippen LogP contribution in [0.2, 0.25) is 5.02 Å². The van der Waals surface area contributed by atoms with Gasteiger partial charge in [-0.1, -0.05) is 27.5 Å². The molecule has 0 unspecified atom stereocenters. The Kier molecular flexibility index (Phi) is 5.91. The number of carbonyl (C=O) groups is 1. The molecule has 1 amide bonds. The number of hydrogen-bond donors (Lipinski definition) is 1. The minimum Gasteiger partial charge on any atom is -0.495 e. The first-order chi connectivity index (χ1) is 10.9. The minimum absolute atomic E-state index is 0.0764. The molecule has 0 aliphatic rings. The second kappa shape index (κ2) is 7.70. The highest BCUT2D eigenvalue weighted by Crippen LogP contribution is 2.28. The zero-order valence-corrected chi connectivity index (χ0v) is 15.4. The lowest BCUT2D eigenvalue weighted by molar-refractivity contribution is -0.118. The van der Waals surface area contributed by atoms with E-state index in [1.165, 1.54) is 7.11 Å². The maximum absolute atomic E-state index is 12.0. The number of methoxy groups -OCH3 is 1. The summed E-state index contributed by atoms with van der Waals surface area (Å²) in [5.41, 5.74) is 2.53. The average molecular weight is 399 g/mol. The molecular weight excluding hydrogens is 382 g/mol. The van der Waals surface area contributed by atoms with Crippen LogP contribution >= 0.6 is 27.5 Å². The van der Waals surface area contributed by atoms with Crippen LogP contribution in [0.15, 0.2) is 34.8 Å². The van der Waals surface area contributed by atoms with E-state index in [-0.39, 0.29) is 12.5 Å². The highest BCUT2D eigenvalue weighted by atomic mass is 79.9. The first-order valence-electron chi connectivity index (χ1n) is 6.93. The number of hydrogen-bond acceptors (Lipinski definition) is 3. The normalized spacial score (nSPS) is 10.3. The number of halogens is 2. The Labute approximate surface area is 148 Å². The van der Waals surface area contributed by atoms with E-state index in [1.54, 1.807) is 18.2 Å². The van der Waals surface area contributed by atoms with Crippen LogP contribution in [0.4, 0.5) is 5.69 Å². The fraction of sp³-hybridized carbons (Fsp3) is 0.235. The van der Waals surface area contributed by atoms with Crippen molar-refractivity contribution in [3.8, 4) is 11.5 Å².